The van der Waals surface area contributed by atoms with Crippen LogP contribution in [0.4, 0.5) is 17.1 Å². The van der Waals surface area contributed by atoms with Gasteiger partial charge in [-0.2, -0.15) is 0 Å². The summed E-state index contributed by atoms with van der Waals surface area (Å²) in [5, 5.41) is 6.11. The van der Waals surface area contributed by atoms with Gasteiger partial charge in [0.25, 0.3) is 0 Å². The lowest BCUT2D eigenvalue weighted by Gasteiger charge is -2.22. The highest BCUT2D eigenvalue weighted by Crippen LogP contribution is 2.36. The fourth-order valence-electron chi connectivity index (χ4n) is 4.23. The van der Waals surface area contributed by atoms with E-state index >= 15 is 0 Å². The van der Waals surface area contributed by atoms with Crippen LogP contribution < -0.4 is 15.5 Å². The van der Waals surface area contributed by atoms with Crippen LogP contribution in [0.3, 0.4) is 0 Å². The fourth-order valence-corrected chi connectivity index (χ4v) is 4.23. The summed E-state index contributed by atoms with van der Waals surface area (Å²) >= 11 is 0. The number of nitrogens with one attached hydrogen (secondary N) is 2. The molecule has 4 rings (SSSR count). The van der Waals surface area contributed by atoms with Gasteiger partial charge < -0.3 is 15.5 Å². The first kappa shape index (κ1) is 23.4. The number of hydrogen-bond donors (Lipinski definition) is 2. The van der Waals surface area contributed by atoms with Crippen LogP contribution in [0.15, 0.2) is 83.9 Å². The number of carbonyl (C=O) groups excluding carboxylic acids is 2. The van der Waals surface area contributed by atoms with Gasteiger partial charge in [0.2, 0.25) is 11.8 Å². The van der Waals surface area contributed by atoms with Crippen molar-refractivity contribution in [2.75, 3.05) is 30.4 Å². The average Bonchev–Trinajstić information content (AvgIpc) is 3.21. The third-order valence-corrected chi connectivity index (χ3v) is 5.96. The van der Waals surface area contributed by atoms with E-state index in [1.165, 1.54) is 0 Å². The molecule has 1 unspecified atom stereocenters. The molecule has 1 aliphatic heterocycles. The number of hydrogen-bond acceptors (Lipinski definition) is 4. The monoisotopic (exact) mass is 454 g/mol. The highest BCUT2D eigenvalue weighted by molar-refractivity contribution is 6.24. The third kappa shape index (κ3) is 5.07. The molecule has 2 N–H and O–H groups in total. The van der Waals surface area contributed by atoms with Crippen LogP contribution in [0, 0.1) is 0 Å². The molecule has 0 saturated heterocycles. The predicted octanol–water partition coefficient (Wildman–Crippen LogP) is 4.90. The molecule has 2 amide bonds. The van der Waals surface area contributed by atoms with Crippen LogP contribution in [-0.4, -0.2) is 37.7 Å². The number of para-hydroxylation sites is 1. The maximum atomic E-state index is 13.0. The summed E-state index contributed by atoms with van der Waals surface area (Å²) in [6.45, 7) is 3.38. The predicted molar refractivity (Wildman–Crippen MR) is 138 cm³/mol. The van der Waals surface area contributed by atoms with E-state index in [-0.39, 0.29) is 11.8 Å². The van der Waals surface area contributed by atoms with Crippen molar-refractivity contribution in [1.82, 2.24) is 5.32 Å². The Morgan fingerprint density at radius 3 is 2.41 bits per heavy atom. The van der Waals surface area contributed by atoms with Gasteiger partial charge >= 0.3 is 0 Å². The van der Waals surface area contributed by atoms with Crippen LogP contribution in [-0.2, 0) is 9.59 Å². The van der Waals surface area contributed by atoms with Crippen LogP contribution in [0.5, 0.6) is 0 Å². The van der Waals surface area contributed by atoms with E-state index in [4.69, 9.17) is 4.99 Å². The van der Waals surface area contributed by atoms with E-state index in [1.54, 1.807) is 0 Å². The van der Waals surface area contributed by atoms with E-state index in [2.05, 4.69) is 10.6 Å². The zero-order valence-corrected chi connectivity index (χ0v) is 19.6. The molecular formula is C28H30N4O2. The number of anilines is 2. The first-order chi connectivity index (χ1) is 16.6. The Hall–Kier alpha value is -3.77. The van der Waals surface area contributed by atoms with Gasteiger partial charge in [-0.1, -0.05) is 55.5 Å². The lowest BCUT2D eigenvalue weighted by molar-refractivity contribution is -0.118. The van der Waals surface area contributed by atoms with Crippen molar-refractivity contribution in [2.45, 2.75) is 25.7 Å². The molecule has 174 valence electrons. The Labute approximate surface area is 200 Å². The van der Waals surface area contributed by atoms with Gasteiger partial charge in [0.15, 0.2) is 0 Å². The Morgan fingerprint density at radius 1 is 1.00 bits per heavy atom. The molecular weight excluding hydrogens is 424 g/mol. The van der Waals surface area contributed by atoms with Crippen molar-refractivity contribution in [3.8, 4) is 0 Å². The van der Waals surface area contributed by atoms with E-state index < -0.39 is 5.92 Å². The summed E-state index contributed by atoms with van der Waals surface area (Å²) < 4.78 is 0. The number of amides is 2. The molecule has 0 fully saturated rings. The molecule has 0 spiro atoms. The molecule has 6 nitrogen and oxygen atoms in total. The quantitative estimate of drug-likeness (QED) is 0.357. The van der Waals surface area contributed by atoms with Gasteiger partial charge in [-0.3, -0.25) is 14.6 Å². The molecule has 3 aromatic carbocycles. The minimum Gasteiger partial charge on any atom is -0.325 e. The minimum atomic E-state index is -0.488. The second-order valence-corrected chi connectivity index (χ2v) is 8.25. The minimum absolute atomic E-state index is 0.0790. The summed E-state index contributed by atoms with van der Waals surface area (Å²) in [6.07, 6.45) is 1.32. The SMILES string of the molecule is CCC(=O)N(CCCNC)c1ccc(N=C(c2ccccc2)C2C(=O)Nc3ccccc32)cc1. The smallest absolute Gasteiger partial charge is 0.238 e. The van der Waals surface area contributed by atoms with Crippen LogP contribution >= 0.6 is 0 Å². The first-order valence-corrected chi connectivity index (χ1v) is 11.7. The maximum Gasteiger partial charge on any atom is 0.238 e. The molecule has 3 aromatic rings. The van der Waals surface area contributed by atoms with Crippen molar-refractivity contribution in [2.24, 2.45) is 4.99 Å². The second kappa shape index (κ2) is 10.9. The Kier molecular flexibility index (Phi) is 7.50. The number of aliphatic imine (C=N–C) groups is 1. The van der Waals surface area contributed by atoms with Gasteiger partial charge in [-0.15, -0.1) is 0 Å². The molecule has 0 aromatic heterocycles. The Balaban J connectivity index is 1.69. The summed E-state index contributed by atoms with van der Waals surface area (Å²) in [4.78, 5) is 32.3. The lowest BCUT2D eigenvalue weighted by atomic mass is 9.90. The summed E-state index contributed by atoms with van der Waals surface area (Å²) in [6, 6.07) is 25.2. The summed E-state index contributed by atoms with van der Waals surface area (Å²) in [7, 11) is 1.91. The van der Waals surface area contributed by atoms with E-state index in [0.29, 0.717) is 18.7 Å². The standard InChI is InChI=1S/C28H30N4O2/c1-3-25(33)32(19-9-18-29-2)22-16-14-21(15-17-22)30-27(20-10-5-4-6-11-20)26-23-12-7-8-13-24(23)31-28(26)34/h4-8,10-17,26,29H,3,9,18-19H2,1-2H3,(H,31,34). The molecule has 0 aliphatic carbocycles. The molecule has 1 aliphatic rings. The topological polar surface area (TPSA) is 73.8 Å². The molecule has 1 atom stereocenters. The van der Waals surface area contributed by atoms with Crippen LogP contribution in [0.25, 0.3) is 0 Å². The normalized spacial score (nSPS) is 15.1. The highest BCUT2D eigenvalue weighted by Gasteiger charge is 2.35. The maximum absolute atomic E-state index is 13.0. The van der Waals surface area contributed by atoms with Crippen molar-refractivity contribution in [1.29, 1.82) is 0 Å². The third-order valence-electron chi connectivity index (χ3n) is 5.96. The van der Waals surface area contributed by atoms with Gasteiger partial charge in [0.1, 0.15) is 5.92 Å². The van der Waals surface area contributed by atoms with Crippen molar-refractivity contribution in [3.63, 3.8) is 0 Å². The Morgan fingerprint density at radius 2 is 1.71 bits per heavy atom. The largest absolute Gasteiger partial charge is 0.325 e. The molecule has 1 heterocycles. The van der Waals surface area contributed by atoms with Crippen molar-refractivity contribution < 1.29 is 9.59 Å². The Bertz CT molecular complexity index is 1170. The number of nitrogens with zero attached hydrogens (tertiary/aromatic N) is 2. The average molecular weight is 455 g/mol. The zero-order valence-electron chi connectivity index (χ0n) is 19.6. The van der Waals surface area contributed by atoms with Gasteiger partial charge in [-0.05, 0) is 61.5 Å². The number of rotatable bonds is 9. The molecule has 0 bridgehead atoms. The van der Waals surface area contributed by atoms with E-state index in [0.717, 1.165) is 41.2 Å². The van der Waals surface area contributed by atoms with Crippen molar-refractivity contribution >= 4 is 34.6 Å². The van der Waals surface area contributed by atoms with Gasteiger partial charge in [0, 0.05) is 24.3 Å². The number of fused-ring (bicyclic) bond motifs is 1. The number of benzene rings is 3. The van der Waals surface area contributed by atoms with Gasteiger partial charge in [0.05, 0.1) is 11.4 Å². The van der Waals surface area contributed by atoms with Crippen LogP contribution in [0.2, 0.25) is 0 Å². The highest BCUT2D eigenvalue weighted by atomic mass is 16.2. The second-order valence-electron chi connectivity index (χ2n) is 8.25. The fraction of sp³-hybridized carbons (Fsp3) is 0.250. The molecule has 34 heavy (non-hydrogen) atoms. The van der Waals surface area contributed by atoms with Crippen LogP contribution in [0.1, 0.15) is 36.8 Å². The molecule has 6 heteroatoms. The molecule has 0 saturated carbocycles. The van der Waals surface area contributed by atoms with Crippen molar-refractivity contribution in [3.05, 3.63) is 90.0 Å². The van der Waals surface area contributed by atoms with E-state index in [9.17, 15) is 9.59 Å². The summed E-state index contributed by atoms with van der Waals surface area (Å²) in [5.41, 5.74) is 4.94. The van der Waals surface area contributed by atoms with E-state index in [1.807, 2.05) is 97.7 Å². The van der Waals surface area contributed by atoms with Gasteiger partial charge in [-0.25, -0.2) is 0 Å². The number of carbonyl (C=O) groups is 2. The summed E-state index contributed by atoms with van der Waals surface area (Å²) in [5.74, 6) is -0.473. The molecule has 0 radical (unpaired) electrons. The lowest BCUT2D eigenvalue weighted by Crippen LogP contribution is -2.32. The zero-order chi connectivity index (χ0) is 23.9. The first-order valence-electron chi connectivity index (χ1n) is 11.7.